The second kappa shape index (κ2) is 8.50. The highest BCUT2D eigenvalue weighted by Crippen LogP contribution is 2.54. The first-order chi connectivity index (χ1) is 13.0. The average molecular weight is 428 g/mol. The molecule has 0 radical (unpaired) electrons. The molecular weight excluding hydrogens is 406 g/mol. The summed E-state index contributed by atoms with van der Waals surface area (Å²) in [4.78, 5) is 22.6. The molecule has 0 unspecified atom stereocenters. The summed E-state index contributed by atoms with van der Waals surface area (Å²) in [5.74, 6) is -0.750. The van der Waals surface area contributed by atoms with Crippen LogP contribution >= 0.6 is 0 Å². The van der Waals surface area contributed by atoms with Gasteiger partial charge in [0.15, 0.2) is 5.41 Å². The minimum absolute atomic E-state index is 0.0388. The van der Waals surface area contributed by atoms with Gasteiger partial charge in [-0.05, 0) is 44.9 Å². The summed E-state index contributed by atoms with van der Waals surface area (Å²) in [6.07, 6.45) is -13.7. The molecule has 164 valence electrons. The van der Waals surface area contributed by atoms with Gasteiger partial charge in [0.25, 0.3) is 0 Å². The molecule has 11 heteroatoms. The Hall–Kier alpha value is -2.46. The van der Waals surface area contributed by atoms with Gasteiger partial charge < -0.3 is 10.1 Å². The maximum atomic E-state index is 13.7. The lowest BCUT2D eigenvalue weighted by atomic mass is 9.75. The van der Waals surface area contributed by atoms with Gasteiger partial charge in [0, 0.05) is 19.2 Å². The number of hydrogen-bond acceptors (Lipinski definition) is 3. The predicted molar refractivity (Wildman–Crippen MR) is 93.4 cm³/mol. The Morgan fingerprint density at radius 1 is 0.931 bits per heavy atom. The number of carbonyl (C=O) groups is 2. The van der Waals surface area contributed by atoms with Gasteiger partial charge in [0.1, 0.15) is 5.60 Å². The highest BCUT2D eigenvalue weighted by Gasteiger charge is 2.70. The lowest BCUT2D eigenvalue weighted by molar-refractivity contribution is -0.305. The number of anilines is 1. The van der Waals surface area contributed by atoms with Gasteiger partial charge in [-0.2, -0.15) is 26.3 Å². The van der Waals surface area contributed by atoms with Gasteiger partial charge in [-0.25, -0.2) is 4.79 Å². The Labute approximate surface area is 163 Å². The molecular formula is C18H22F6N2O3. The summed E-state index contributed by atoms with van der Waals surface area (Å²) in [7, 11) is 0. The number of nitrogens with one attached hydrogen (secondary N) is 2. The normalized spacial score (nSPS) is 13.0. The molecule has 1 rings (SSSR count). The van der Waals surface area contributed by atoms with E-state index in [0.717, 1.165) is 19.1 Å². The molecule has 0 aliphatic carbocycles. The lowest BCUT2D eigenvalue weighted by Crippen LogP contribution is -2.55. The van der Waals surface area contributed by atoms with Crippen LogP contribution in [0.4, 0.5) is 36.8 Å². The van der Waals surface area contributed by atoms with Crippen LogP contribution in [0.3, 0.4) is 0 Å². The second-order valence-electron chi connectivity index (χ2n) is 7.34. The van der Waals surface area contributed by atoms with Crippen LogP contribution in [-0.4, -0.2) is 36.5 Å². The fourth-order valence-electron chi connectivity index (χ4n) is 2.60. The monoisotopic (exact) mass is 428 g/mol. The summed E-state index contributed by atoms with van der Waals surface area (Å²) in [6, 6.07) is 3.12. The topological polar surface area (TPSA) is 67.4 Å². The standard InChI is InChI=1S/C18H22F6N2O3/c1-11(27)25-10-9-16(17(19,20)21,18(22,23)24)12-5-7-13(8-6-12)26-14(28)29-15(2,3)4/h5-8H,9-10H2,1-4H3,(H,25,27)(H,26,28). The van der Waals surface area contributed by atoms with E-state index >= 15 is 0 Å². The first-order valence-corrected chi connectivity index (χ1v) is 8.48. The van der Waals surface area contributed by atoms with Crippen molar-refractivity contribution in [1.29, 1.82) is 0 Å². The average Bonchev–Trinajstić information content (AvgIpc) is 2.47. The molecule has 2 amide bonds. The van der Waals surface area contributed by atoms with E-state index in [2.05, 4.69) is 5.32 Å². The van der Waals surface area contributed by atoms with Crippen LogP contribution in [0, 0.1) is 0 Å². The van der Waals surface area contributed by atoms with Crippen molar-refractivity contribution in [2.45, 2.75) is 57.5 Å². The molecule has 0 aromatic heterocycles. The molecule has 0 bridgehead atoms. The first kappa shape index (κ1) is 24.6. The van der Waals surface area contributed by atoms with E-state index in [1.54, 1.807) is 20.8 Å². The van der Waals surface area contributed by atoms with E-state index in [0.29, 0.717) is 12.1 Å². The van der Waals surface area contributed by atoms with E-state index < -0.39 is 53.9 Å². The minimum atomic E-state index is -5.68. The molecule has 0 atom stereocenters. The number of ether oxygens (including phenoxy) is 1. The molecule has 5 nitrogen and oxygen atoms in total. The van der Waals surface area contributed by atoms with Crippen LogP contribution in [-0.2, 0) is 14.9 Å². The maximum absolute atomic E-state index is 13.7. The molecule has 0 heterocycles. The third-order valence-corrected chi connectivity index (χ3v) is 3.86. The van der Waals surface area contributed by atoms with Crippen molar-refractivity contribution in [1.82, 2.24) is 5.32 Å². The lowest BCUT2D eigenvalue weighted by Gasteiger charge is -2.38. The molecule has 29 heavy (non-hydrogen) atoms. The van der Waals surface area contributed by atoms with Gasteiger partial charge in [-0.15, -0.1) is 0 Å². The summed E-state index contributed by atoms with van der Waals surface area (Å²) in [5.41, 5.74) is -6.12. The second-order valence-corrected chi connectivity index (χ2v) is 7.34. The van der Waals surface area contributed by atoms with Crippen LogP contribution in [0.5, 0.6) is 0 Å². The summed E-state index contributed by atoms with van der Waals surface area (Å²) >= 11 is 0. The van der Waals surface area contributed by atoms with Crippen molar-refractivity contribution < 1.29 is 40.7 Å². The zero-order chi connectivity index (χ0) is 22.7. The molecule has 2 N–H and O–H groups in total. The SMILES string of the molecule is CC(=O)NCCC(c1ccc(NC(=O)OC(C)(C)C)cc1)(C(F)(F)F)C(F)(F)F. The van der Waals surface area contributed by atoms with Crippen molar-refractivity contribution in [2.24, 2.45) is 0 Å². The minimum Gasteiger partial charge on any atom is -0.444 e. The van der Waals surface area contributed by atoms with E-state index in [-0.39, 0.29) is 5.69 Å². The molecule has 0 aliphatic rings. The number of amides is 2. The van der Waals surface area contributed by atoms with Crippen molar-refractivity contribution in [2.75, 3.05) is 11.9 Å². The van der Waals surface area contributed by atoms with Gasteiger partial charge in [0.2, 0.25) is 5.91 Å². The number of carbonyl (C=O) groups excluding carboxylic acids is 2. The zero-order valence-corrected chi connectivity index (χ0v) is 16.2. The molecule has 1 aromatic carbocycles. The number of halogens is 6. The van der Waals surface area contributed by atoms with Crippen LogP contribution in [0.25, 0.3) is 0 Å². The van der Waals surface area contributed by atoms with E-state index in [4.69, 9.17) is 4.74 Å². The molecule has 0 spiro atoms. The summed E-state index contributed by atoms with van der Waals surface area (Å²) < 4.78 is 86.9. The van der Waals surface area contributed by atoms with E-state index in [9.17, 15) is 35.9 Å². The fourth-order valence-corrected chi connectivity index (χ4v) is 2.60. The Kier molecular flexibility index (Phi) is 7.20. The van der Waals surface area contributed by atoms with Crippen LogP contribution < -0.4 is 10.6 Å². The zero-order valence-electron chi connectivity index (χ0n) is 16.2. The smallest absolute Gasteiger partial charge is 0.412 e. The van der Waals surface area contributed by atoms with E-state index in [1.807, 2.05) is 5.32 Å². The number of alkyl halides is 6. The summed E-state index contributed by atoms with van der Waals surface area (Å²) in [6.45, 7) is 4.93. The van der Waals surface area contributed by atoms with Crippen LogP contribution in [0.1, 0.15) is 39.7 Å². The molecule has 0 saturated heterocycles. The highest BCUT2D eigenvalue weighted by molar-refractivity contribution is 5.84. The molecule has 0 aliphatic heterocycles. The quantitative estimate of drug-likeness (QED) is 0.654. The Morgan fingerprint density at radius 2 is 1.41 bits per heavy atom. The fraction of sp³-hybridized carbons (Fsp3) is 0.556. The van der Waals surface area contributed by atoms with Crippen molar-refractivity contribution in [3.05, 3.63) is 29.8 Å². The van der Waals surface area contributed by atoms with Gasteiger partial charge in [0.05, 0.1) is 0 Å². The van der Waals surface area contributed by atoms with Gasteiger partial charge >= 0.3 is 18.4 Å². The number of rotatable bonds is 5. The van der Waals surface area contributed by atoms with Gasteiger partial charge in [-0.1, -0.05) is 12.1 Å². The molecule has 0 fully saturated rings. The summed E-state index contributed by atoms with van der Waals surface area (Å²) in [5, 5.41) is 4.19. The van der Waals surface area contributed by atoms with Crippen molar-refractivity contribution >= 4 is 17.7 Å². The van der Waals surface area contributed by atoms with Gasteiger partial charge in [-0.3, -0.25) is 10.1 Å². The first-order valence-electron chi connectivity index (χ1n) is 8.48. The Balaban J connectivity index is 3.25. The van der Waals surface area contributed by atoms with Crippen LogP contribution in [0.15, 0.2) is 24.3 Å². The maximum Gasteiger partial charge on any atom is 0.412 e. The van der Waals surface area contributed by atoms with Crippen molar-refractivity contribution in [3.63, 3.8) is 0 Å². The van der Waals surface area contributed by atoms with Crippen molar-refractivity contribution in [3.8, 4) is 0 Å². The predicted octanol–water partition coefficient (Wildman–Crippen LogP) is 4.92. The number of benzene rings is 1. The highest BCUT2D eigenvalue weighted by atomic mass is 19.4. The molecule has 1 aromatic rings. The molecule has 0 saturated carbocycles. The third kappa shape index (κ3) is 6.26. The Bertz CT molecular complexity index is 707. The third-order valence-electron chi connectivity index (χ3n) is 3.86. The largest absolute Gasteiger partial charge is 0.444 e. The van der Waals surface area contributed by atoms with Crippen LogP contribution in [0.2, 0.25) is 0 Å². The number of hydrogen-bond donors (Lipinski definition) is 2. The Morgan fingerprint density at radius 3 is 1.79 bits per heavy atom. The van der Waals surface area contributed by atoms with E-state index in [1.165, 1.54) is 0 Å².